The molecule has 2 aliphatic rings. The van der Waals surface area contributed by atoms with Gasteiger partial charge < -0.3 is 4.74 Å². The molecule has 0 aromatic heterocycles. The highest BCUT2D eigenvalue weighted by molar-refractivity contribution is 7.87. The van der Waals surface area contributed by atoms with E-state index in [-0.39, 0.29) is 12.1 Å². The largest absolute Gasteiger partial charge is 0.379 e. The monoisotopic (exact) mass is 395 g/mol. The lowest BCUT2D eigenvalue weighted by Gasteiger charge is -2.36. The second kappa shape index (κ2) is 9.47. The zero-order valence-electron chi connectivity index (χ0n) is 16.6. The van der Waals surface area contributed by atoms with E-state index >= 15 is 0 Å². The number of hydrogen-bond donors (Lipinski definition) is 1. The average molecular weight is 396 g/mol. The minimum atomic E-state index is -3.48. The van der Waals surface area contributed by atoms with E-state index in [1.807, 2.05) is 0 Å². The zero-order valence-corrected chi connectivity index (χ0v) is 17.4. The maximum Gasteiger partial charge on any atom is 0.279 e. The van der Waals surface area contributed by atoms with Crippen LogP contribution in [-0.4, -0.2) is 63.6 Å². The van der Waals surface area contributed by atoms with E-state index in [9.17, 15) is 8.42 Å². The minimum Gasteiger partial charge on any atom is -0.379 e. The number of nitrogens with zero attached hydrogens (tertiary/aromatic N) is 2. The van der Waals surface area contributed by atoms with Crippen LogP contribution in [-0.2, 0) is 14.9 Å². The molecule has 1 atom stereocenters. The Kier molecular flexibility index (Phi) is 7.28. The van der Waals surface area contributed by atoms with Gasteiger partial charge >= 0.3 is 0 Å². The van der Waals surface area contributed by atoms with Crippen molar-refractivity contribution in [2.24, 2.45) is 0 Å². The molecule has 1 aliphatic carbocycles. The molecule has 0 amide bonds. The van der Waals surface area contributed by atoms with Crippen LogP contribution in [0.5, 0.6) is 0 Å². The quantitative estimate of drug-likeness (QED) is 0.770. The summed E-state index contributed by atoms with van der Waals surface area (Å²) in [7, 11) is -1.77. The van der Waals surface area contributed by atoms with Crippen LogP contribution in [0.1, 0.15) is 49.3 Å². The SMILES string of the molecule is Cc1ccc(C(CNS(=O)(=O)N(C)C2CCCCC2)N2CCOCC2)cc1. The standard InChI is InChI=1S/C20H33N3O3S/c1-17-8-10-18(11-9-17)20(23-12-14-26-15-13-23)16-21-27(24,25)22(2)19-6-4-3-5-7-19/h8-11,19-21H,3-7,12-16H2,1-2H3. The second-order valence-corrected chi connectivity index (χ2v) is 9.55. The third-order valence-electron chi connectivity index (χ3n) is 5.88. The van der Waals surface area contributed by atoms with Crippen molar-refractivity contribution >= 4 is 10.2 Å². The third kappa shape index (κ3) is 5.51. The summed E-state index contributed by atoms with van der Waals surface area (Å²) in [6.07, 6.45) is 5.36. The van der Waals surface area contributed by atoms with Crippen molar-refractivity contribution in [3.63, 3.8) is 0 Å². The van der Waals surface area contributed by atoms with E-state index in [1.54, 1.807) is 11.4 Å². The zero-order chi connectivity index (χ0) is 19.3. The highest BCUT2D eigenvalue weighted by Crippen LogP contribution is 2.25. The van der Waals surface area contributed by atoms with Crippen LogP contribution in [0.3, 0.4) is 0 Å². The van der Waals surface area contributed by atoms with Gasteiger partial charge in [0.05, 0.1) is 13.2 Å². The van der Waals surface area contributed by atoms with Crippen molar-refractivity contribution in [3.05, 3.63) is 35.4 Å². The van der Waals surface area contributed by atoms with Gasteiger partial charge in [-0.05, 0) is 25.3 Å². The van der Waals surface area contributed by atoms with Gasteiger partial charge in [-0.3, -0.25) is 4.90 Å². The van der Waals surface area contributed by atoms with Crippen LogP contribution in [0.25, 0.3) is 0 Å². The van der Waals surface area contributed by atoms with Crippen molar-refractivity contribution in [1.82, 2.24) is 13.9 Å². The lowest BCUT2D eigenvalue weighted by atomic mass is 9.96. The maximum absolute atomic E-state index is 12.9. The fraction of sp³-hybridized carbons (Fsp3) is 0.700. The van der Waals surface area contributed by atoms with Gasteiger partial charge in [-0.25, -0.2) is 4.72 Å². The number of hydrogen-bond acceptors (Lipinski definition) is 4. The summed E-state index contributed by atoms with van der Waals surface area (Å²) in [4.78, 5) is 2.32. The highest BCUT2D eigenvalue weighted by Gasteiger charge is 2.30. The molecule has 1 saturated carbocycles. The Hall–Kier alpha value is -0.990. The van der Waals surface area contributed by atoms with Crippen molar-refractivity contribution in [2.75, 3.05) is 39.9 Å². The molecule has 6 nitrogen and oxygen atoms in total. The van der Waals surface area contributed by atoms with Crippen LogP contribution in [0, 0.1) is 6.92 Å². The summed E-state index contributed by atoms with van der Waals surface area (Å²) >= 11 is 0. The average Bonchev–Trinajstić information content (AvgIpc) is 2.70. The summed E-state index contributed by atoms with van der Waals surface area (Å²) in [5.41, 5.74) is 2.35. The third-order valence-corrected chi connectivity index (χ3v) is 7.46. The van der Waals surface area contributed by atoms with E-state index in [0.717, 1.165) is 44.3 Å². The number of nitrogens with one attached hydrogen (secondary N) is 1. The Labute approximate surface area is 164 Å². The summed E-state index contributed by atoms with van der Waals surface area (Å²) in [6, 6.07) is 8.53. The predicted molar refractivity (Wildman–Crippen MR) is 108 cm³/mol. The Bertz CT molecular complexity index is 681. The summed E-state index contributed by atoms with van der Waals surface area (Å²) < 4.78 is 35.7. The first-order valence-electron chi connectivity index (χ1n) is 10.1. The molecule has 152 valence electrons. The van der Waals surface area contributed by atoms with Gasteiger partial charge in [0, 0.05) is 38.8 Å². The molecule has 1 aromatic carbocycles. The molecule has 0 bridgehead atoms. The van der Waals surface area contributed by atoms with Gasteiger partial charge in [-0.2, -0.15) is 12.7 Å². The summed E-state index contributed by atoms with van der Waals surface area (Å²) in [6.45, 7) is 5.46. The number of rotatable bonds is 7. The molecule has 1 unspecified atom stereocenters. The number of ether oxygens (including phenoxy) is 1. The van der Waals surface area contributed by atoms with E-state index in [4.69, 9.17) is 4.74 Å². The van der Waals surface area contributed by atoms with Crippen molar-refractivity contribution in [3.8, 4) is 0 Å². The lowest BCUT2D eigenvalue weighted by molar-refractivity contribution is 0.0171. The van der Waals surface area contributed by atoms with Crippen molar-refractivity contribution in [1.29, 1.82) is 0 Å². The molecule has 0 radical (unpaired) electrons. The molecular formula is C20H33N3O3S. The van der Waals surface area contributed by atoms with Crippen LogP contribution >= 0.6 is 0 Å². The van der Waals surface area contributed by atoms with Crippen LogP contribution in [0.4, 0.5) is 0 Å². The van der Waals surface area contributed by atoms with Crippen LogP contribution in [0.15, 0.2) is 24.3 Å². The van der Waals surface area contributed by atoms with E-state index in [2.05, 4.69) is 40.8 Å². The maximum atomic E-state index is 12.9. The van der Waals surface area contributed by atoms with Crippen LogP contribution < -0.4 is 4.72 Å². The number of aryl methyl sites for hydroxylation is 1. The summed E-state index contributed by atoms with van der Waals surface area (Å²) in [5.74, 6) is 0. The van der Waals surface area contributed by atoms with Gasteiger partial charge in [0.2, 0.25) is 0 Å². The molecule has 2 fully saturated rings. The molecule has 1 N–H and O–H groups in total. The minimum absolute atomic E-state index is 0.0176. The van der Waals surface area contributed by atoms with E-state index < -0.39 is 10.2 Å². The summed E-state index contributed by atoms with van der Waals surface area (Å²) in [5, 5.41) is 0. The fourth-order valence-corrected chi connectivity index (χ4v) is 5.24. The molecule has 3 rings (SSSR count). The molecular weight excluding hydrogens is 362 g/mol. The molecule has 0 spiro atoms. The lowest BCUT2D eigenvalue weighted by Crippen LogP contribution is -2.48. The predicted octanol–water partition coefficient (Wildman–Crippen LogP) is 2.47. The topological polar surface area (TPSA) is 61.9 Å². The van der Waals surface area contributed by atoms with Gasteiger partial charge in [0.15, 0.2) is 0 Å². The Morgan fingerprint density at radius 3 is 2.41 bits per heavy atom. The second-order valence-electron chi connectivity index (χ2n) is 7.74. The highest BCUT2D eigenvalue weighted by atomic mass is 32.2. The Morgan fingerprint density at radius 2 is 1.78 bits per heavy atom. The molecule has 1 aromatic rings. The van der Waals surface area contributed by atoms with Gasteiger partial charge in [-0.1, -0.05) is 49.1 Å². The Morgan fingerprint density at radius 1 is 1.15 bits per heavy atom. The molecule has 1 saturated heterocycles. The van der Waals surface area contributed by atoms with Crippen molar-refractivity contribution in [2.45, 2.75) is 51.1 Å². The fourth-order valence-electron chi connectivity index (χ4n) is 4.06. The van der Waals surface area contributed by atoms with Gasteiger partial charge in [-0.15, -0.1) is 0 Å². The first-order chi connectivity index (χ1) is 13.0. The van der Waals surface area contributed by atoms with Crippen molar-refractivity contribution < 1.29 is 13.2 Å². The smallest absolute Gasteiger partial charge is 0.279 e. The Balaban J connectivity index is 1.70. The van der Waals surface area contributed by atoms with E-state index in [0.29, 0.717) is 19.8 Å². The van der Waals surface area contributed by atoms with Gasteiger partial charge in [0.25, 0.3) is 10.2 Å². The molecule has 1 heterocycles. The number of morpholine rings is 1. The first-order valence-corrected chi connectivity index (χ1v) is 11.5. The normalized spacial score (nSPS) is 21.4. The van der Waals surface area contributed by atoms with Gasteiger partial charge in [0.1, 0.15) is 0 Å². The molecule has 1 aliphatic heterocycles. The van der Waals surface area contributed by atoms with Crippen LogP contribution in [0.2, 0.25) is 0 Å². The molecule has 7 heteroatoms. The van der Waals surface area contributed by atoms with E-state index in [1.165, 1.54) is 12.0 Å². The molecule has 27 heavy (non-hydrogen) atoms. The first kappa shape index (κ1) is 20.7. The number of benzene rings is 1.